The average Bonchev–Trinajstić information content (AvgIpc) is 2.43. The van der Waals surface area contributed by atoms with Gasteiger partial charge in [0.15, 0.2) is 0 Å². The first-order valence-corrected chi connectivity index (χ1v) is 10.4. The van der Waals surface area contributed by atoms with Gasteiger partial charge >= 0.3 is 0 Å². The van der Waals surface area contributed by atoms with Crippen molar-refractivity contribution in [3.63, 3.8) is 0 Å². The lowest BCUT2D eigenvalue weighted by molar-refractivity contribution is -0.156. The van der Waals surface area contributed by atoms with Gasteiger partial charge in [0.1, 0.15) is 0 Å². The van der Waals surface area contributed by atoms with Gasteiger partial charge in [-0.2, -0.15) is 0 Å². The fourth-order valence-electron chi connectivity index (χ4n) is 5.42. The normalized spacial score (nSPS) is 23.8. The van der Waals surface area contributed by atoms with Gasteiger partial charge in [-0.3, -0.25) is 0 Å². The van der Waals surface area contributed by atoms with E-state index in [0.29, 0.717) is 16.9 Å². The second kappa shape index (κ2) is 8.30. The Hall–Kier alpha value is -0.0800. The molecule has 0 N–H and O–H groups in total. The molecular weight excluding hydrogens is 308 g/mol. The average molecular weight is 355 g/mol. The summed E-state index contributed by atoms with van der Waals surface area (Å²) >= 11 is 0. The monoisotopic (exact) mass is 354 g/mol. The lowest BCUT2D eigenvalue weighted by atomic mass is 9.66. The van der Waals surface area contributed by atoms with E-state index < -0.39 is 0 Å². The minimum atomic E-state index is -0.102. The van der Waals surface area contributed by atoms with Crippen molar-refractivity contribution in [2.24, 2.45) is 16.7 Å². The summed E-state index contributed by atoms with van der Waals surface area (Å²) in [6.07, 6.45) is 8.87. The maximum Gasteiger partial charge on any atom is 0.0639 e. The summed E-state index contributed by atoms with van der Waals surface area (Å²) in [7, 11) is 1.85. The van der Waals surface area contributed by atoms with Crippen LogP contribution in [0.2, 0.25) is 0 Å². The molecule has 1 rings (SSSR count). The van der Waals surface area contributed by atoms with Crippen molar-refractivity contribution in [1.29, 1.82) is 0 Å². The highest BCUT2D eigenvalue weighted by atomic mass is 16.5. The molecule has 0 atom stereocenters. The molecule has 0 heterocycles. The quantitative estimate of drug-likeness (QED) is 0.443. The molecule has 0 bridgehead atoms. The van der Waals surface area contributed by atoms with Gasteiger partial charge in [-0.15, -0.1) is 0 Å². The van der Waals surface area contributed by atoms with Crippen LogP contribution in [0.25, 0.3) is 0 Å². The minimum absolute atomic E-state index is 0.0905. The Morgan fingerprint density at radius 3 is 1.68 bits per heavy atom. The lowest BCUT2D eigenvalue weighted by Crippen LogP contribution is -2.44. The zero-order valence-corrected chi connectivity index (χ0v) is 18.9. The highest BCUT2D eigenvalue weighted by molar-refractivity contribution is 4.90. The van der Waals surface area contributed by atoms with Crippen LogP contribution in [0.5, 0.6) is 0 Å². The summed E-state index contributed by atoms with van der Waals surface area (Å²) < 4.78 is 12.3. The van der Waals surface area contributed by atoms with Gasteiger partial charge in [0.25, 0.3) is 0 Å². The number of methoxy groups -OCH3 is 1. The molecule has 0 amide bonds. The third-order valence-electron chi connectivity index (χ3n) is 6.41. The highest BCUT2D eigenvalue weighted by Gasteiger charge is 2.40. The van der Waals surface area contributed by atoms with Crippen molar-refractivity contribution in [2.45, 2.75) is 125 Å². The standard InChI is InChI=1S/C23H46O2/c1-11-20(2,3)16-22(6,7)25-23(8,9)17-21(4,5)18-12-14-19(24-10)15-13-18/h18-19H,11-17H2,1-10H3. The van der Waals surface area contributed by atoms with E-state index >= 15 is 0 Å². The summed E-state index contributed by atoms with van der Waals surface area (Å²) in [5, 5.41) is 0. The summed E-state index contributed by atoms with van der Waals surface area (Å²) in [6.45, 7) is 21.0. The maximum atomic E-state index is 6.71. The molecule has 1 aliphatic rings. The lowest BCUT2D eigenvalue weighted by Gasteiger charge is -2.46. The summed E-state index contributed by atoms with van der Waals surface area (Å²) in [5.41, 5.74) is 0.438. The van der Waals surface area contributed by atoms with Crippen LogP contribution >= 0.6 is 0 Å². The molecule has 0 radical (unpaired) electrons. The second-order valence-corrected chi connectivity index (χ2v) is 11.2. The fraction of sp³-hybridized carbons (Fsp3) is 1.00. The molecule has 2 nitrogen and oxygen atoms in total. The third-order valence-corrected chi connectivity index (χ3v) is 6.41. The van der Waals surface area contributed by atoms with E-state index in [2.05, 4.69) is 62.3 Å². The Bertz CT molecular complexity index is 398. The van der Waals surface area contributed by atoms with Crippen molar-refractivity contribution in [1.82, 2.24) is 0 Å². The first-order valence-electron chi connectivity index (χ1n) is 10.4. The summed E-state index contributed by atoms with van der Waals surface area (Å²) in [4.78, 5) is 0. The van der Waals surface area contributed by atoms with E-state index in [-0.39, 0.29) is 11.2 Å². The first-order chi connectivity index (χ1) is 11.2. The largest absolute Gasteiger partial charge is 0.381 e. The molecule has 0 aromatic heterocycles. The van der Waals surface area contributed by atoms with E-state index in [1.54, 1.807) is 0 Å². The highest BCUT2D eigenvalue weighted by Crippen LogP contribution is 2.46. The van der Waals surface area contributed by atoms with Crippen LogP contribution in [0, 0.1) is 16.7 Å². The second-order valence-electron chi connectivity index (χ2n) is 11.2. The van der Waals surface area contributed by atoms with Crippen LogP contribution in [-0.2, 0) is 9.47 Å². The zero-order valence-electron chi connectivity index (χ0n) is 18.9. The van der Waals surface area contributed by atoms with Crippen molar-refractivity contribution in [2.75, 3.05) is 7.11 Å². The van der Waals surface area contributed by atoms with E-state index in [0.717, 1.165) is 18.8 Å². The zero-order chi connectivity index (χ0) is 19.5. The molecule has 1 aliphatic carbocycles. The van der Waals surface area contributed by atoms with Crippen LogP contribution in [0.3, 0.4) is 0 Å². The fourth-order valence-corrected chi connectivity index (χ4v) is 5.42. The summed E-state index contributed by atoms with van der Waals surface area (Å²) in [5.74, 6) is 0.775. The van der Waals surface area contributed by atoms with Crippen LogP contribution in [0.4, 0.5) is 0 Å². The SMILES string of the molecule is CCC(C)(C)CC(C)(C)OC(C)(C)CC(C)(C)C1CCC(OC)CC1. The Morgan fingerprint density at radius 2 is 1.24 bits per heavy atom. The van der Waals surface area contributed by atoms with E-state index in [1.807, 2.05) is 7.11 Å². The predicted octanol–water partition coefficient (Wildman–Crippen LogP) is 7.01. The number of rotatable bonds is 9. The molecular formula is C23H46O2. The number of hydrogen-bond acceptors (Lipinski definition) is 2. The Balaban J connectivity index is 2.68. The van der Waals surface area contributed by atoms with Gasteiger partial charge in [0.2, 0.25) is 0 Å². The van der Waals surface area contributed by atoms with E-state index in [1.165, 1.54) is 32.1 Å². The molecule has 150 valence electrons. The van der Waals surface area contributed by atoms with Crippen LogP contribution in [0.1, 0.15) is 107 Å². The molecule has 0 aromatic rings. The van der Waals surface area contributed by atoms with Crippen LogP contribution in [-0.4, -0.2) is 24.4 Å². The first kappa shape index (κ1) is 23.0. The van der Waals surface area contributed by atoms with E-state index in [9.17, 15) is 0 Å². The van der Waals surface area contributed by atoms with Crippen molar-refractivity contribution in [3.05, 3.63) is 0 Å². The number of hydrogen-bond donors (Lipinski definition) is 0. The van der Waals surface area contributed by atoms with Gasteiger partial charge in [-0.25, -0.2) is 0 Å². The summed E-state index contributed by atoms with van der Waals surface area (Å²) in [6, 6.07) is 0. The van der Waals surface area contributed by atoms with Crippen molar-refractivity contribution < 1.29 is 9.47 Å². The van der Waals surface area contributed by atoms with E-state index in [4.69, 9.17) is 9.47 Å². The van der Waals surface area contributed by atoms with Gasteiger partial charge < -0.3 is 9.47 Å². The minimum Gasteiger partial charge on any atom is -0.381 e. The Morgan fingerprint density at radius 1 is 0.760 bits per heavy atom. The van der Waals surface area contributed by atoms with Gasteiger partial charge in [-0.05, 0) is 83.0 Å². The van der Waals surface area contributed by atoms with Crippen LogP contribution < -0.4 is 0 Å². The molecule has 2 heteroatoms. The van der Waals surface area contributed by atoms with Crippen molar-refractivity contribution >= 4 is 0 Å². The molecule has 0 saturated heterocycles. The van der Waals surface area contributed by atoms with Crippen molar-refractivity contribution in [3.8, 4) is 0 Å². The third kappa shape index (κ3) is 7.59. The molecule has 1 fully saturated rings. The van der Waals surface area contributed by atoms with Crippen LogP contribution in [0.15, 0.2) is 0 Å². The Labute approximate surface area is 158 Å². The topological polar surface area (TPSA) is 18.5 Å². The predicted molar refractivity (Wildman–Crippen MR) is 109 cm³/mol. The molecule has 0 aliphatic heterocycles. The van der Waals surface area contributed by atoms with Gasteiger partial charge in [0.05, 0.1) is 17.3 Å². The Kier molecular flexibility index (Phi) is 7.62. The van der Waals surface area contributed by atoms with Gasteiger partial charge in [-0.1, -0.05) is 41.0 Å². The maximum absolute atomic E-state index is 6.71. The smallest absolute Gasteiger partial charge is 0.0639 e. The number of ether oxygens (including phenoxy) is 2. The molecule has 0 spiro atoms. The van der Waals surface area contributed by atoms with Gasteiger partial charge in [0, 0.05) is 7.11 Å². The molecule has 1 saturated carbocycles. The molecule has 0 aromatic carbocycles. The molecule has 25 heavy (non-hydrogen) atoms. The molecule has 0 unspecified atom stereocenters.